The normalized spacial score (nSPS) is 20.2. The quantitative estimate of drug-likeness (QED) is 0.286. The molecule has 0 aromatic heterocycles. The number of hydrogen-bond acceptors (Lipinski definition) is 4. The Labute approximate surface area is 124 Å². The minimum atomic E-state index is -0.713. The molecule has 1 unspecified atom stereocenters. The van der Waals surface area contributed by atoms with Gasteiger partial charge in [0.2, 0.25) is 0 Å². The van der Waals surface area contributed by atoms with Crippen LogP contribution in [0.2, 0.25) is 0 Å². The van der Waals surface area contributed by atoms with Gasteiger partial charge < -0.3 is 10.1 Å². The lowest BCUT2D eigenvalue weighted by Crippen LogP contribution is -2.57. The van der Waals surface area contributed by atoms with Crippen LogP contribution in [0.25, 0.3) is 10.4 Å². The van der Waals surface area contributed by atoms with Crippen molar-refractivity contribution in [1.29, 1.82) is 0 Å². The van der Waals surface area contributed by atoms with Crippen LogP contribution >= 0.6 is 0 Å². The third kappa shape index (κ3) is 3.54. The van der Waals surface area contributed by atoms with Crippen molar-refractivity contribution in [3.63, 3.8) is 0 Å². The summed E-state index contributed by atoms with van der Waals surface area (Å²) in [4.78, 5) is 15.1. The summed E-state index contributed by atoms with van der Waals surface area (Å²) in [7, 11) is 0. The molecule has 0 saturated heterocycles. The Hall–Kier alpha value is -2.04. The van der Waals surface area contributed by atoms with Crippen molar-refractivity contribution in [2.45, 2.75) is 31.7 Å². The summed E-state index contributed by atoms with van der Waals surface area (Å²) in [6, 6.07) is 8.16. The fourth-order valence-corrected chi connectivity index (χ4v) is 2.79. The van der Waals surface area contributed by atoms with Gasteiger partial charge >= 0.3 is 5.97 Å². The van der Waals surface area contributed by atoms with Gasteiger partial charge in [-0.2, -0.15) is 0 Å². The Morgan fingerprint density at radius 2 is 2.24 bits per heavy atom. The summed E-state index contributed by atoms with van der Waals surface area (Å²) in [6.07, 6.45) is 2.14. The Morgan fingerprint density at radius 3 is 2.95 bits per heavy atom. The first-order chi connectivity index (χ1) is 10.2. The van der Waals surface area contributed by atoms with E-state index in [1.807, 2.05) is 19.1 Å². The maximum atomic E-state index is 12.4. The van der Waals surface area contributed by atoms with Crippen LogP contribution in [0.1, 0.15) is 24.5 Å². The molecule has 1 aliphatic rings. The van der Waals surface area contributed by atoms with Crippen molar-refractivity contribution in [2.24, 2.45) is 5.11 Å². The number of ether oxygens (including phenoxy) is 1. The number of carbonyl (C=O) groups excluding carboxylic acids is 1. The molecule has 1 aromatic carbocycles. The Bertz CT molecular complexity index is 554. The molecule has 0 bridgehead atoms. The summed E-state index contributed by atoms with van der Waals surface area (Å²) in [5.74, 6) is -0.222. The predicted molar refractivity (Wildman–Crippen MR) is 79.8 cm³/mol. The Morgan fingerprint density at radius 1 is 1.48 bits per heavy atom. The third-order valence-corrected chi connectivity index (χ3v) is 3.84. The zero-order valence-corrected chi connectivity index (χ0v) is 12.2. The average Bonchev–Trinajstić information content (AvgIpc) is 2.51. The first-order valence-electron chi connectivity index (χ1n) is 7.22. The summed E-state index contributed by atoms with van der Waals surface area (Å²) in [6.45, 7) is 2.95. The van der Waals surface area contributed by atoms with Gasteiger partial charge in [-0.15, -0.1) is 0 Å². The fraction of sp³-hybridized carbons (Fsp3) is 0.533. The standard InChI is InChI=1S/C15H20N4O2/c1-2-21-14(20)15(17-9-10-18-19-16)8-7-12-5-3-4-6-13(12)11-15/h3-6,17H,2,7-11H2,1H3. The average molecular weight is 288 g/mol. The molecule has 0 radical (unpaired) electrons. The van der Waals surface area contributed by atoms with Crippen LogP contribution in [0.15, 0.2) is 29.4 Å². The van der Waals surface area contributed by atoms with Crippen molar-refractivity contribution in [3.05, 3.63) is 45.8 Å². The molecular formula is C15H20N4O2. The van der Waals surface area contributed by atoms with Gasteiger partial charge in [0.15, 0.2) is 0 Å². The molecule has 0 amide bonds. The molecule has 0 saturated carbocycles. The fourth-order valence-electron chi connectivity index (χ4n) is 2.79. The van der Waals surface area contributed by atoms with Crippen LogP contribution < -0.4 is 5.32 Å². The second-order valence-corrected chi connectivity index (χ2v) is 5.13. The van der Waals surface area contributed by atoms with Crippen molar-refractivity contribution in [1.82, 2.24) is 5.32 Å². The molecule has 21 heavy (non-hydrogen) atoms. The van der Waals surface area contributed by atoms with E-state index in [1.54, 1.807) is 0 Å². The van der Waals surface area contributed by atoms with Gasteiger partial charge in [0.1, 0.15) is 5.54 Å². The molecule has 2 rings (SSSR count). The van der Waals surface area contributed by atoms with Gasteiger partial charge in [-0.1, -0.05) is 29.4 Å². The Balaban J connectivity index is 2.17. The first kappa shape index (κ1) is 15.4. The highest BCUT2D eigenvalue weighted by Crippen LogP contribution is 2.29. The van der Waals surface area contributed by atoms with Gasteiger partial charge in [0.05, 0.1) is 6.61 Å². The second-order valence-electron chi connectivity index (χ2n) is 5.13. The number of rotatable bonds is 6. The topological polar surface area (TPSA) is 87.1 Å². The summed E-state index contributed by atoms with van der Waals surface area (Å²) in [5.41, 5.74) is 10.1. The number of benzene rings is 1. The van der Waals surface area contributed by atoms with E-state index in [-0.39, 0.29) is 5.97 Å². The number of carbonyl (C=O) groups is 1. The zero-order valence-electron chi connectivity index (χ0n) is 12.2. The minimum Gasteiger partial charge on any atom is -0.465 e. The van der Waals surface area contributed by atoms with E-state index in [1.165, 1.54) is 11.1 Å². The van der Waals surface area contributed by atoms with Gasteiger partial charge in [-0.05, 0) is 36.4 Å². The number of nitrogens with one attached hydrogen (secondary N) is 1. The maximum absolute atomic E-state index is 12.4. The van der Waals surface area contributed by atoms with Crippen LogP contribution in [0, 0.1) is 0 Å². The summed E-state index contributed by atoms with van der Waals surface area (Å²) < 4.78 is 5.25. The summed E-state index contributed by atoms with van der Waals surface area (Å²) in [5, 5.41) is 6.76. The first-order valence-corrected chi connectivity index (χ1v) is 7.22. The summed E-state index contributed by atoms with van der Waals surface area (Å²) >= 11 is 0. The van der Waals surface area contributed by atoms with Gasteiger partial charge in [-0.3, -0.25) is 4.79 Å². The van der Waals surface area contributed by atoms with Crippen molar-refractivity contribution < 1.29 is 9.53 Å². The molecule has 1 atom stereocenters. The largest absolute Gasteiger partial charge is 0.465 e. The number of aryl methyl sites for hydroxylation is 1. The lowest BCUT2D eigenvalue weighted by molar-refractivity contribution is -0.151. The monoisotopic (exact) mass is 288 g/mol. The highest BCUT2D eigenvalue weighted by molar-refractivity contribution is 5.82. The molecule has 1 aliphatic carbocycles. The second kappa shape index (κ2) is 7.11. The molecule has 0 heterocycles. The molecular weight excluding hydrogens is 268 g/mol. The van der Waals surface area contributed by atoms with E-state index < -0.39 is 5.54 Å². The van der Waals surface area contributed by atoms with Crippen LogP contribution in [-0.2, 0) is 22.4 Å². The number of azide groups is 1. The lowest BCUT2D eigenvalue weighted by atomic mass is 9.78. The maximum Gasteiger partial charge on any atom is 0.326 e. The van der Waals surface area contributed by atoms with Crippen LogP contribution in [-0.4, -0.2) is 31.2 Å². The van der Waals surface area contributed by atoms with Gasteiger partial charge in [0.25, 0.3) is 0 Å². The molecule has 6 heteroatoms. The highest BCUT2D eigenvalue weighted by atomic mass is 16.5. The lowest BCUT2D eigenvalue weighted by Gasteiger charge is -2.36. The van der Waals surface area contributed by atoms with E-state index in [0.717, 1.165) is 6.42 Å². The number of fused-ring (bicyclic) bond motifs is 1. The van der Waals surface area contributed by atoms with Crippen LogP contribution in [0.4, 0.5) is 0 Å². The van der Waals surface area contributed by atoms with E-state index >= 15 is 0 Å². The minimum absolute atomic E-state index is 0.222. The molecule has 0 fully saturated rings. The molecule has 0 aliphatic heterocycles. The molecule has 1 N–H and O–H groups in total. The molecule has 6 nitrogen and oxygen atoms in total. The van der Waals surface area contributed by atoms with E-state index in [4.69, 9.17) is 10.3 Å². The van der Waals surface area contributed by atoms with E-state index in [0.29, 0.717) is 32.5 Å². The van der Waals surface area contributed by atoms with E-state index in [9.17, 15) is 4.79 Å². The molecule has 112 valence electrons. The van der Waals surface area contributed by atoms with Crippen molar-refractivity contribution in [3.8, 4) is 0 Å². The zero-order chi connectivity index (χ0) is 15.1. The predicted octanol–water partition coefficient (Wildman–Crippen LogP) is 2.38. The number of esters is 1. The molecule has 0 spiro atoms. The van der Waals surface area contributed by atoms with Crippen molar-refractivity contribution in [2.75, 3.05) is 19.7 Å². The smallest absolute Gasteiger partial charge is 0.326 e. The van der Waals surface area contributed by atoms with Gasteiger partial charge in [-0.25, -0.2) is 0 Å². The van der Waals surface area contributed by atoms with Gasteiger partial charge in [0, 0.05) is 24.4 Å². The van der Waals surface area contributed by atoms with Crippen molar-refractivity contribution >= 4 is 5.97 Å². The highest BCUT2D eigenvalue weighted by Gasteiger charge is 2.41. The molecule has 1 aromatic rings. The van der Waals surface area contributed by atoms with Crippen LogP contribution in [0.3, 0.4) is 0 Å². The van der Waals surface area contributed by atoms with Crippen LogP contribution in [0.5, 0.6) is 0 Å². The van der Waals surface area contributed by atoms with E-state index in [2.05, 4.69) is 27.5 Å². The SMILES string of the molecule is CCOC(=O)C1(NCCN=[N+]=[N-])CCc2ccccc2C1. The third-order valence-electron chi connectivity index (χ3n) is 3.84. The number of hydrogen-bond donors (Lipinski definition) is 1. The number of nitrogens with zero attached hydrogens (tertiary/aromatic N) is 3. The Kier molecular flexibility index (Phi) is 5.20.